The van der Waals surface area contributed by atoms with Crippen LogP contribution in [0.4, 0.5) is 8.78 Å². The summed E-state index contributed by atoms with van der Waals surface area (Å²) in [6, 6.07) is 9.76. The van der Waals surface area contributed by atoms with E-state index in [2.05, 4.69) is 22.6 Å². The van der Waals surface area contributed by atoms with Crippen LogP contribution in [0.25, 0.3) is 0 Å². The predicted octanol–water partition coefficient (Wildman–Crippen LogP) is 3.83. The molecule has 0 bridgehead atoms. The van der Waals surface area contributed by atoms with Crippen LogP contribution in [0, 0.1) is 15.2 Å². The van der Waals surface area contributed by atoms with Crippen LogP contribution in [0.1, 0.15) is 10.4 Å². The van der Waals surface area contributed by atoms with Crippen molar-refractivity contribution in [2.75, 3.05) is 6.61 Å². The maximum Gasteiger partial charge on any atom is 0.200 e. The fourth-order valence-electron chi connectivity index (χ4n) is 1.45. The Morgan fingerprint density at radius 3 is 2.47 bits per heavy atom. The summed E-state index contributed by atoms with van der Waals surface area (Å²) in [7, 11) is 0. The first-order valence-corrected chi connectivity index (χ1v) is 6.51. The number of carbonyl (C=O) groups is 1. The standard InChI is InChI=1S/C14H9F2IO2/c15-10-3-6-12(16)14(7-10)19-8-13(18)9-1-4-11(17)5-2-9/h1-7H,8H2. The van der Waals surface area contributed by atoms with Crippen LogP contribution in [0.5, 0.6) is 5.75 Å². The first-order valence-electron chi connectivity index (χ1n) is 5.43. The van der Waals surface area contributed by atoms with Crippen molar-refractivity contribution in [2.24, 2.45) is 0 Å². The summed E-state index contributed by atoms with van der Waals surface area (Å²) in [6.07, 6.45) is 0. The molecule has 98 valence electrons. The summed E-state index contributed by atoms with van der Waals surface area (Å²) in [6.45, 7) is -0.332. The molecule has 0 saturated heterocycles. The summed E-state index contributed by atoms with van der Waals surface area (Å²) in [5, 5.41) is 0. The van der Waals surface area contributed by atoms with Crippen molar-refractivity contribution >= 4 is 28.4 Å². The number of hydrogen-bond acceptors (Lipinski definition) is 2. The predicted molar refractivity (Wildman–Crippen MR) is 75.3 cm³/mol. The summed E-state index contributed by atoms with van der Waals surface area (Å²) >= 11 is 2.12. The van der Waals surface area contributed by atoms with Gasteiger partial charge in [0.2, 0.25) is 0 Å². The minimum Gasteiger partial charge on any atom is -0.482 e. The molecule has 2 aromatic carbocycles. The molecule has 0 atom stereocenters. The molecule has 0 radical (unpaired) electrons. The van der Waals surface area contributed by atoms with Gasteiger partial charge in [0.25, 0.3) is 0 Å². The van der Waals surface area contributed by atoms with E-state index < -0.39 is 11.6 Å². The van der Waals surface area contributed by atoms with E-state index in [1.54, 1.807) is 24.3 Å². The third-order valence-electron chi connectivity index (χ3n) is 2.42. The number of ketones is 1. The average Bonchev–Trinajstić information content (AvgIpc) is 2.40. The molecule has 2 aromatic rings. The van der Waals surface area contributed by atoms with Crippen molar-refractivity contribution < 1.29 is 18.3 Å². The zero-order valence-corrected chi connectivity index (χ0v) is 11.9. The molecule has 0 aromatic heterocycles. The highest BCUT2D eigenvalue weighted by atomic mass is 127. The lowest BCUT2D eigenvalue weighted by Gasteiger charge is -2.06. The Bertz CT molecular complexity index is 597. The van der Waals surface area contributed by atoms with Crippen LogP contribution in [0.3, 0.4) is 0 Å². The van der Waals surface area contributed by atoms with Gasteiger partial charge < -0.3 is 4.74 Å². The number of benzene rings is 2. The molecule has 0 aliphatic carbocycles. The van der Waals surface area contributed by atoms with E-state index in [0.29, 0.717) is 5.56 Å². The highest BCUT2D eigenvalue weighted by Gasteiger charge is 2.10. The molecule has 2 nitrogen and oxygen atoms in total. The zero-order valence-electron chi connectivity index (χ0n) is 9.70. The quantitative estimate of drug-likeness (QED) is 0.601. The molecular weight excluding hydrogens is 365 g/mol. The Labute approximate surface area is 122 Å². The highest BCUT2D eigenvalue weighted by Crippen LogP contribution is 2.18. The van der Waals surface area contributed by atoms with Gasteiger partial charge in [-0.15, -0.1) is 0 Å². The number of hydrogen-bond donors (Lipinski definition) is 0. The van der Waals surface area contributed by atoms with Crippen LogP contribution in [0.15, 0.2) is 42.5 Å². The smallest absolute Gasteiger partial charge is 0.200 e. The minimum absolute atomic E-state index is 0.265. The van der Waals surface area contributed by atoms with Gasteiger partial charge in [-0.3, -0.25) is 4.79 Å². The van der Waals surface area contributed by atoms with Gasteiger partial charge in [-0.25, -0.2) is 8.78 Å². The van der Waals surface area contributed by atoms with Crippen molar-refractivity contribution in [1.82, 2.24) is 0 Å². The van der Waals surface area contributed by atoms with Crippen molar-refractivity contribution in [2.45, 2.75) is 0 Å². The molecular formula is C14H9F2IO2. The van der Waals surface area contributed by atoms with Gasteiger partial charge in [0.05, 0.1) is 0 Å². The fourth-order valence-corrected chi connectivity index (χ4v) is 1.81. The largest absolute Gasteiger partial charge is 0.482 e. The number of Topliss-reactive ketones (excluding diaryl/α,β-unsaturated/α-hetero) is 1. The van der Waals surface area contributed by atoms with Gasteiger partial charge in [-0.05, 0) is 46.9 Å². The second-order valence-corrected chi connectivity index (χ2v) is 5.04. The lowest BCUT2D eigenvalue weighted by Crippen LogP contribution is -2.12. The van der Waals surface area contributed by atoms with Crippen LogP contribution in [0.2, 0.25) is 0 Å². The maximum absolute atomic E-state index is 13.3. The second-order valence-electron chi connectivity index (χ2n) is 3.79. The molecule has 0 N–H and O–H groups in total. The molecule has 19 heavy (non-hydrogen) atoms. The number of ether oxygens (including phenoxy) is 1. The van der Waals surface area contributed by atoms with Crippen LogP contribution >= 0.6 is 22.6 Å². The molecule has 5 heteroatoms. The van der Waals surface area contributed by atoms with Crippen molar-refractivity contribution in [3.8, 4) is 5.75 Å². The lowest BCUT2D eigenvalue weighted by atomic mass is 10.1. The van der Waals surface area contributed by atoms with E-state index in [1.165, 1.54) is 0 Å². The van der Waals surface area contributed by atoms with E-state index >= 15 is 0 Å². The molecule has 0 aliphatic heterocycles. The van der Waals surface area contributed by atoms with Crippen molar-refractivity contribution in [1.29, 1.82) is 0 Å². The first kappa shape index (κ1) is 13.9. The van der Waals surface area contributed by atoms with Gasteiger partial charge >= 0.3 is 0 Å². The molecule has 0 fully saturated rings. The third kappa shape index (κ3) is 3.73. The van der Waals surface area contributed by atoms with Gasteiger partial charge in [-0.2, -0.15) is 0 Å². The third-order valence-corrected chi connectivity index (χ3v) is 3.14. The number of halogens is 3. The molecule has 0 saturated carbocycles. The first-order chi connectivity index (χ1) is 9.06. The second kappa shape index (κ2) is 6.10. The lowest BCUT2D eigenvalue weighted by molar-refractivity contribution is 0.0918. The average molecular weight is 374 g/mol. The van der Waals surface area contributed by atoms with Gasteiger partial charge in [-0.1, -0.05) is 12.1 Å². The summed E-state index contributed by atoms with van der Waals surface area (Å²) in [4.78, 5) is 11.8. The molecule has 0 amide bonds. The SMILES string of the molecule is O=C(COc1cc(F)ccc1F)c1ccc(I)cc1. The van der Waals surface area contributed by atoms with Crippen molar-refractivity contribution in [3.63, 3.8) is 0 Å². The Morgan fingerprint density at radius 2 is 1.79 bits per heavy atom. The van der Waals surface area contributed by atoms with Gasteiger partial charge in [0, 0.05) is 15.2 Å². The van der Waals surface area contributed by atoms with E-state index in [-0.39, 0.29) is 18.1 Å². The maximum atomic E-state index is 13.3. The summed E-state index contributed by atoms with van der Waals surface area (Å²) < 4.78 is 32.2. The highest BCUT2D eigenvalue weighted by molar-refractivity contribution is 14.1. The topological polar surface area (TPSA) is 26.3 Å². The fraction of sp³-hybridized carbons (Fsp3) is 0.0714. The van der Waals surface area contributed by atoms with Crippen LogP contribution in [-0.2, 0) is 0 Å². The van der Waals surface area contributed by atoms with Gasteiger partial charge in [0.15, 0.2) is 24.0 Å². The van der Waals surface area contributed by atoms with Crippen LogP contribution < -0.4 is 4.74 Å². The molecule has 0 unspecified atom stereocenters. The minimum atomic E-state index is -0.697. The van der Waals surface area contributed by atoms with Crippen molar-refractivity contribution in [3.05, 3.63) is 63.2 Å². The van der Waals surface area contributed by atoms with E-state index in [4.69, 9.17) is 4.74 Å². The van der Waals surface area contributed by atoms with E-state index in [9.17, 15) is 13.6 Å². The normalized spacial score (nSPS) is 10.3. The number of carbonyl (C=O) groups excluding carboxylic acids is 1. The number of rotatable bonds is 4. The summed E-state index contributed by atoms with van der Waals surface area (Å²) in [5.74, 6) is -1.87. The monoisotopic (exact) mass is 374 g/mol. The van der Waals surface area contributed by atoms with Gasteiger partial charge in [0.1, 0.15) is 5.82 Å². The Kier molecular flexibility index (Phi) is 4.47. The molecule has 2 rings (SSSR count). The van der Waals surface area contributed by atoms with E-state index in [1.807, 2.05) is 0 Å². The van der Waals surface area contributed by atoms with Crippen LogP contribution in [-0.4, -0.2) is 12.4 Å². The Balaban J connectivity index is 2.04. The van der Waals surface area contributed by atoms with E-state index in [0.717, 1.165) is 21.8 Å². The Hall–Kier alpha value is -1.50. The Morgan fingerprint density at radius 1 is 1.11 bits per heavy atom. The molecule has 0 aliphatic rings. The summed E-state index contributed by atoms with van der Waals surface area (Å²) in [5.41, 5.74) is 0.470. The molecule has 0 heterocycles. The zero-order chi connectivity index (χ0) is 13.8. The molecule has 0 spiro atoms.